The predicted octanol–water partition coefficient (Wildman–Crippen LogP) is 5.10. The maximum Gasteiger partial charge on any atom is 0.0106 e. The Hall–Kier alpha value is -0.470. The minimum Gasteiger partial charge on any atom is -0.316 e. The lowest BCUT2D eigenvalue weighted by atomic mass is 9.87. The maximum atomic E-state index is 3.53. The molecule has 0 fully saturated rings. The van der Waals surface area contributed by atoms with E-state index in [4.69, 9.17) is 0 Å². The predicted molar refractivity (Wildman–Crippen MR) is 92.8 cm³/mol. The molecule has 0 spiro atoms. The lowest BCUT2D eigenvalue weighted by molar-refractivity contribution is 0.369. The lowest BCUT2D eigenvalue weighted by Gasteiger charge is -2.19. The van der Waals surface area contributed by atoms with Crippen molar-refractivity contribution in [3.05, 3.63) is 29.8 Å². The van der Waals surface area contributed by atoms with Crippen molar-refractivity contribution in [2.24, 2.45) is 5.41 Å². The van der Waals surface area contributed by atoms with Crippen LogP contribution < -0.4 is 5.32 Å². The van der Waals surface area contributed by atoms with Crippen LogP contribution in [0.15, 0.2) is 29.2 Å². The molecule has 0 aliphatic heterocycles. The number of hydrogen-bond acceptors (Lipinski definition) is 2. The number of rotatable bonds is 6. The second-order valence-corrected chi connectivity index (χ2v) is 8.85. The van der Waals surface area contributed by atoms with Crippen LogP contribution in [0.25, 0.3) is 0 Å². The van der Waals surface area contributed by atoms with Crippen molar-refractivity contribution in [3.63, 3.8) is 0 Å². The SMILES string of the molecule is CC(C)(C)CCNCCSc1ccc(C(C)(C)C)cc1. The number of benzene rings is 1. The highest BCUT2D eigenvalue weighted by molar-refractivity contribution is 7.99. The fraction of sp³-hybridized carbons (Fsp3) is 0.667. The average molecular weight is 294 g/mol. The van der Waals surface area contributed by atoms with Crippen LogP contribution in [-0.4, -0.2) is 18.8 Å². The minimum absolute atomic E-state index is 0.248. The summed E-state index contributed by atoms with van der Waals surface area (Å²) in [5, 5.41) is 3.53. The average Bonchev–Trinajstić information content (AvgIpc) is 2.32. The fourth-order valence-electron chi connectivity index (χ4n) is 1.88. The number of thioether (sulfide) groups is 1. The molecule has 0 aliphatic carbocycles. The number of nitrogens with one attached hydrogen (secondary N) is 1. The van der Waals surface area contributed by atoms with E-state index in [-0.39, 0.29) is 5.41 Å². The van der Waals surface area contributed by atoms with Gasteiger partial charge in [0.05, 0.1) is 0 Å². The molecule has 0 aromatic heterocycles. The Morgan fingerprint density at radius 1 is 0.900 bits per heavy atom. The molecule has 0 saturated carbocycles. The minimum atomic E-state index is 0.248. The molecule has 20 heavy (non-hydrogen) atoms. The first-order chi connectivity index (χ1) is 9.18. The Labute approximate surface area is 129 Å². The largest absolute Gasteiger partial charge is 0.316 e. The third-order valence-corrected chi connectivity index (χ3v) is 4.33. The van der Waals surface area contributed by atoms with Gasteiger partial charge in [-0.2, -0.15) is 0 Å². The van der Waals surface area contributed by atoms with E-state index in [1.54, 1.807) is 0 Å². The monoisotopic (exact) mass is 293 g/mol. The molecule has 2 heteroatoms. The summed E-state index contributed by atoms with van der Waals surface area (Å²) in [6, 6.07) is 9.02. The third-order valence-electron chi connectivity index (χ3n) is 3.32. The smallest absolute Gasteiger partial charge is 0.0106 e. The molecule has 114 valence electrons. The van der Waals surface area contributed by atoms with E-state index in [0.717, 1.165) is 18.8 Å². The Balaban J connectivity index is 2.23. The molecule has 1 aromatic rings. The molecule has 0 radical (unpaired) electrons. The van der Waals surface area contributed by atoms with E-state index in [0.29, 0.717) is 5.41 Å². The summed E-state index contributed by atoms with van der Waals surface area (Å²) >= 11 is 1.94. The summed E-state index contributed by atoms with van der Waals surface area (Å²) in [4.78, 5) is 1.37. The Morgan fingerprint density at radius 3 is 2.00 bits per heavy atom. The van der Waals surface area contributed by atoms with Gasteiger partial charge in [-0.15, -0.1) is 11.8 Å². The maximum absolute atomic E-state index is 3.53. The lowest BCUT2D eigenvalue weighted by Crippen LogP contribution is -2.22. The van der Waals surface area contributed by atoms with Crippen molar-refractivity contribution in [2.45, 2.75) is 58.3 Å². The summed E-state index contributed by atoms with van der Waals surface area (Å²) in [5.41, 5.74) is 2.09. The van der Waals surface area contributed by atoms with Crippen molar-refractivity contribution >= 4 is 11.8 Å². The molecule has 1 nitrogen and oxygen atoms in total. The van der Waals surface area contributed by atoms with Crippen LogP contribution in [0.5, 0.6) is 0 Å². The zero-order chi connectivity index (χ0) is 15.2. The summed E-state index contributed by atoms with van der Waals surface area (Å²) in [6.07, 6.45) is 1.23. The highest BCUT2D eigenvalue weighted by Gasteiger charge is 2.12. The van der Waals surface area contributed by atoms with Crippen molar-refractivity contribution < 1.29 is 0 Å². The van der Waals surface area contributed by atoms with Crippen LogP contribution in [0.2, 0.25) is 0 Å². The molecule has 0 unspecified atom stereocenters. The molecule has 0 amide bonds. The van der Waals surface area contributed by atoms with Crippen molar-refractivity contribution in [1.82, 2.24) is 5.32 Å². The first kappa shape index (κ1) is 17.6. The fourth-order valence-corrected chi connectivity index (χ4v) is 2.69. The van der Waals surface area contributed by atoms with Crippen LogP contribution in [0.3, 0.4) is 0 Å². The van der Waals surface area contributed by atoms with E-state index < -0.39 is 0 Å². The van der Waals surface area contributed by atoms with Gasteiger partial charge in [0.2, 0.25) is 0 Å². The third kappa shape index (κ3) is 7.35. The summed E-state index contributed by atoms with van der Waals surface area (Å²) < 4.78 is 0. The van der Waals surface area contributed by atoms with Crippen LogP contribution in [-0.2, 0) is 5.41 Å². The molecule has 0 atom stereocenters. The van der Waals surface area contributed by atoms with E-state index in [1.807, 2.05) is 11.8 Å². The summed E-state index contributed by atoms with van der Waals surface area (Å²) in [5.74, 6) is 1.14. The highest BCUT2D eigenvalue weighted by atomic mass is 32.2. The molecule has 1 aromatic carbocycles. The van der Waals surface area contributed by atoms with E-state index in [2.05, 4.69) is 71.1 Å². The zero-order valence-electron chi connectivity index (χ0n) is 14.0. The molecule has 1 N–H and O–H groups in total. The molecule has 1 rings (SSSR count). The van der Waals surface area contributed by atoms with Crippen molar-refractivity contribution in [1.29, 1.82) is 0 Å². The van der Waals surface area contributed by atoms with Gasteiger partial charge in [0, 0.05) is 17.2 Å². The molecule has 0 saturated heterocycles. The molecule has 0 aliphatic rings. The van der Waals surface area contributed by atoms with Gasteiger partial charge in [0.25, 0.3) is 0 Å². The van der Waals surface area contributed by atoms with Crippen LogP contribution in [0, 0.1) is 5.41 Å². The summed E-state index contributed by atoms with van der Waals surface area (Å²) in [6.45, 7) is 15.9. The molecule has 0 bridgehead atoms. The molecular weight excluding hydrogens is 262 g/mol. The second-order valence-electron chi connectivity index (χ2n) is 7.68. The topological polar surface area (TPSA) is 12.0 Å². The Bertz CT molecular complexity index is 381. The van der Waals surface area contributed by atoms with Gasteiger partial charge >= 0.3 is 0 Å². The second kappa shape index (κ2) is 7.51. The van der Waals surface area contributed by atoms with E-state index >= 15 is 0 Å². The van der Waals surface area contributed by atoms with E-state index in [1.165, 1.54) is 16.9 Å². The quantitative estimate of drug-likeness (QED) is 0.578. The van der Waals surface area contributed by atoms with Gasteiger partial charge in [-0.25, -0.2) is 0 Å². The van der Waals surface area contributed by atoms with Crippen LogP contribution >= 0.6 is 11.8 Å². The van der Waals surface area contributed by atoms with Crippen LogP contribution in [0.1, 0.15) is 53.5 Å². The zero-order valence-corrected chi connectivity index (χ0v) is 14.9. The summed E-state index contributed by atoms with van der Waals surface area (Å²) in [7, 11) is 0. The van der Waals surface area contributed by atoms with Gasteiger partial charge in [-0.1, -0.05) is 53.7 Å². The number of hydrogen-bond donors (Lipinski definition) is 1. The first-order valence-corrected chi connectivity index (χ1v) is 8.61. The van der Waals surface area contributed by atoms with Gasteiger partial charge in [0.1, 0.15) is 0 Å². The van der Waals surface area contributed by atoms with E-state index in [9.17, 15) is 0 Å². The first-order valence-electron chi connectivity index (χ1n) is 7.62. The molecular formula is C18H31NS. The normalized spacial score (nSPS) is 12.7. The van der Waals surface area contributed by atoms with Gasteiger partial charge in [0.15, 0.2) is 0 Å². The van der Waals surface area contributed by atoms with Crippen molar-refractivity contribution in [2.75, 3.05) is 18.8 Å². The van der Waals surface area contributed by atoms with Gasteiger partial charge < -0.3 is 5.32 Å². The Kier molecular flexibility index (Phi) is 6.60. The van der Waals surface area contributed by atoms with Gasteiger partial charge in [-0.3, -0.25) is 0 Å². The molecule has 0 heterocycles. The van der Waals surface area contributed by atoms with Gasteiger partial charge in [-0.05, 0) is 41.5 Å². The van der Waals surface area contributed by atoms with Crippen LogP contribution in [0.4, 0.5) is 0 Å². The standard InChI is InChI=1S/C18H31NS/c1-17(2,3)11-12-19-13-14-20-16-9-7-15(8-10-16)18(4,5)6/h7-10,19H,11-14H2,1-6H3. The van der Waals surface area contributed by atoms with Crippen molar-refractivity contribution in [3.8, 4) is 0 Å². The highest BCUT2D eigenvalue weighted by Crippen LogP contribution is 2.25. The Morgan fingerprint density at radius 2 is 1.50 bits per heavy atom.